The number of benzene rings is 1. The summed E-state index contributed by atoms with van der Waals surface area (Å²) in [6.45, 7) is 12.2. The third kappa shape index (κ3) is 5.71. The third-order valence-corrected chi connectivity index (χ3v) is 13.2. The Morgan fingerprint density at radius 2 is 1.78 bits per heavy atom. The van der Waals surface area contributed by atoms with Crippen LogP contribution >= 0.6 is 11.6 Å². The molecule has 5 heterocycles. The van der Waals surface area contributed by atoms with Crippen LogP contribution in [-0.2, 0) is 10.2 Å². The number of rotatable bonds is 9. The van der Waals surface area contributed by atoms with Crippen LogP contribution in [0.5, 0.6) is 0 Å². The van der Waals surface area contributed by atoms with Crippen molar-refractivity contribution in [3.8, 4) is 11.3 Å². The van der Waals surface area contributed by atoms with Crippen molar-refractivity contribution in [3.05, 3.63) is 58.6 Å². The zero-order valence-electron chi connectivity index (χ0n) is 31.3. The smallest absolute Gasteiger partial charge is 0.261 e. The fraction of sp³-hybridized carbons (Fsp3) is 0.525. The summed E-state index contributed by atoms with van der Waals surface area (Å²) in [4.78, 5) is 46.1. The maximum atomic E-state index is 15.6. The number of nitrogens with one attached hydrogen (secondary N) is 2. The largest absolute Gasteiger partial charge is 0.341 e. The van der Waals surface area contributed by atoms with Gasteiger partial charge in [0, 0.05) is 35.9 Å². The molecule has 2 aliphatic heterocycles. The predicted octanol–water partition coefficient (Wildman–Crippen LogP) is 8.16. The number of piperidine rings is 1. The van der Waals surface area contributed by atoms with E-state index in [-0.39, 0.29) is 42.2 Å². The first-order chi connectivity index (χ1) is 26.0. The van der Waals surface area contributed by atoms with E-state index >= 15 is 8.78 Å². The van der Waals surface area contributed by atoms with Crippen LogP contribution in [0, 0.1) is 23.5 Å². The van der Waals surface area contributed by atoms with Crippen LogP contribution in [0.15, 0.2) is 30.7 Å². The number of imidazole rings is 1. The van der Waals surface area contributed by atoms with E-state index in [9.17, 15) is 18.4 Å². The van der Waals surface area contributed by atoms with Crippen molar-refractivity contribution in [2.75, 3.05) is 23.3 Å². The molecule has 0 radical (unpaired) electrons. The Kier molecular flexibility index (Phi) is 8.16. The maximum Gasteiger partial charge on any atom is 0.261 e. The highest BCUT2D eigenvalue weighted by atomic mass is 35.5. The lowest BCUT2D eigenvalue weighted by atomic mass is 9.71. The van der Waals surface area contributed by atoms with Gasteiger partial charge in [0.1, 0.15) is 11.1 Å². The topological polar surface area (TPSA) is 108 Å². The lowest BCUT2D eigenvalue weighted by Crippen LogP contribution is -2.64. The van der Waals surface area contributed by atoms with E-state index in [2.05, 4.69) is 27.4 Å². The number of alkyl halides is 2. The minimum atomic E-state index is -2.83. The second-order valence-electron chi connectivity index (χ2n) is 17.4. The number of carbonyl (C=O) groups excluding carboxylic acids is 2. The lowest BCUT2D eigenvalue weighted by Gasteiger charge is -2.55. The molecule has 15 heteroatoms. The minimum absolute atomic E-state index is 0.00258. The first-order valence-corrected chi connectivity index (χ1v) is 19.4. The lowest BCUT2D eigenvalue weighted by molar-refractivity contribution is -0.124. The number of carbonyl (C=O) groups is 2. The van der Waals surface area contributed by atoms with Gasteiger partial charge in [0.05, 0.1) is 50.6 Å². The van der Waals surface area contributed by atoms with E-state index in [0.717, 1.165) is 49.5 Å². The molecule has 3 aromatic heterocycles. The average molecular weight is 779 g/mol. The number of fused-ring (bicyclic) bond motifs is 3. The van der Waals surface area contributed by atoms with Crippen LogP contribution in [0.25, 0.3) is 22.3 Å². The van der Waals surface area contributed by atoms with Gasteiger partial charge < -0.3 is 20.1 Å². The van der Waals surface area contributed by atoms with Gasteiger partial charge in [-0.15, -0.1) is 0 Å². The molecule has 2 unspecified atom stereocenters. The number of halogens is 5. The number of anilines is 3. The fourth-order valence-corrected chi connectivity index (χ4v) is 9.33. The predicted molar refractivity (Wildman–Crippen MR) is 201 cm³/mol. The Morgan fingerprint density at radius 1 is 1.04 bits per heavy atom. The average Bonchev–Trinajstić information content (AvgIpc) is 4.04. The summed E-state index contributed by atoms with van der Waals surface area (Å²) < 4.78 is 60.0. The summed E-state index contributed by atoms with van der Waals surface area (Å²) >= 11 is 6.08. The molecule has 4 fully saturated rings. The maximum absolute atomic E-state index is 15.6. The van der Waals surface area contributed by atoms with Gasteiger partial charge in [-0.2, -0.15) is 0 Å². The molecule has 3 aliphatic carbocycles. The van der Waals surface area contributed by atoms with Crippen molar-refractivity contribution in [1.82, 2.24) is 29.7 Å². The molecule has 0 spiro atoms. The molecule has 2 N–H and O–H groups in total. The van der Waals surface area contributed by atoms with Gasteiger partial charge in [-0.1, -0.05) is 11.6 Å². The van der Waals surface area contributed by atoms with Crippen LogP contribution < -0.4 is 15.5 Å². The molecule has 10 nitrogen and oxygen atoms in total. The first kappa shape index (κ1) is 36.3. The zero-order valence-corrected chi connectivity index (χ0v) is 32.1. The van der Waals surface area contributed by atoms with E-state index in [1.807, 2.05) is 43.2 Å². The molecule has 3 saturated carbocycles. The van der Waals surface area contributed by atoms with E-state index < -0.39 is 51.2 Å². The molecule has 2 amide bonds. The fourth-order valence-electron chi connectivity index (χ4n) is 9.10. The van der Waals surface area contributed by atoms with Gasteiger partial charge >= 0.3 is 0 Å². The van der Waals surface area contributed by atoms with Crippen molar-refractivity contribution in [2.45, 2.75) is 108 Å². The second kappa shape index (κ2) is 12.3. The Morgan fingerprint density at radius 3 is 2.45 bits per heavy atom. The van der Waals surface area contributed by atoms with Crippen LogP contribution in [0.1, 0.15) is 95.2 Å². The molecule has 5 aliphatic rings. The zero-order chi connectivity index (χ0) is 38.9. The van der Waals surface area contributed by atoms with Crippen LogP contribution in [0.2, 0.25) is 5.02 Å². The number of nitrogens with zero attached hydrogens (tertiary/aromatic N) is 6. The molecule has 0 bridgehead atoms. The monoisotopic (exact) mass is 778 g/mol. The third-order valence-electron chi connectivity index (χ3n) is 12.9. The highest BCUT2D eigenvalue weighted by Crippen LogP contribution is 2.53. The Hall–Kier alpha value is -4.30. The van der Waals surface area contributed by atoms with Crippen molar-refractivity contribution < 1.29 is 27.2 Å². The molecule has 1 aromatic carbocycles. The minimum Gasteiger partial charge on any atom is -0.341 e. The number of likely N-dealkylation sites (tertiary alicyclic amines) is 1. The standard InChI is InChI=1S/C40H43ClF4N8O2/c1-19(2)52-18-47-27-13-25(48-34(32(27)52)49-26-12-24(29(41)31(43)30(26)42)35(54)50-40(7-8-40)36(44)45)21-11-28-33(46-16-21)38(3,4)37(55)53(28)23-14-39(5,15-23)51-9-6-20-10-22(20)17-51/h11-13,16,18-20,22-23,36H,6-10,14-15,17H2,1-5H3,(H,48,49)(H,50,54). The van der Waals surface area contributed by atoms with Crippen LogP contribution in [0.3, 0.4) is 0 Å². The van der Waals surface area contributed by atoms with Crippen LogP contribution in [-0.4, -0.2) is 72.9 Å². The van der Waals surface area contributed by atoms with Gasteiger partial charge in [0.15, 0.2) is 17.5 Å². The van der Waals surface area contributed by atoms with Gasteiger partial charge in [-0.25, -0.2) is 27.5 Å². The van der Waals surface area contributed by atoms with Crippen molar-refractivity contribution >= 4 is 51.6 Å². The number of aromatic nitrogens is 4. The Bertz CT molecular complexity index is 2280. The molecule has 9 rings (SSSR count). The molecule has 4 aromatic rings. The number of pyridine rings is 2. The van der Waals surface area contributed by atoms with Crippen molar-refractivity contribution in [3.63, 3.8) is 0 Å². The summed E-state index contributed by atoms with van der Waals surface area (Å²) in [6, 6.07) is 4.59. The van der Waals surface area contributed by atoms with E-state index in [0.29, 0.717) is 28.0 Å². The number of amides is 2. The van der Waals surface area contributed by atoms with E-state index in [1.54, 1.807) is 18.6 Å². The Balaban J connectivity index is 1.07. The summed E-state index contributed by atoms with van der Waals surface area (Å²) in [5, 5.41) is 4.31. The van der Waals surface area contributed by atoms with Gasteiger partial charge in [-0.3, -0.25) is 19.5 Å². The van der Waals surface area contributed by atoms with E-state index in [4.69, 9.17) is 21.6 Å². The molecular formula is C40H43ClF4N8O2. The number of hydrogen-bond acceptors (Lipinski definition) is 7. The first-order valence-electron chi connectivity index (χ1n) is 19.0. The van der Waals surface area contributed by atoms with Crippen molar-refractivity contribution in [1.29, 1.82) is 0 Å². The number of hydrogen-bond donors (Lipinski definition) is 2. The molecule has 290 valence electrons. The molecule has 1 saturated heterocycles. The molecule has 55 heavy (non-hydrogen) atoms. The summed E-state index contributed by atoms with van der Waals surface area (Å²) in [5.41, 5.74) is -0.127. The highest BCUT2D eigenvalue weighted by molar-refractivity contribution is 6.34. The quantitative estimate of drug-likeness (QED) is 0.130. The normalized spacial score (nSPS) is 26.3. The molecule has 2 atom stereocenters. The van der Waals surface area contributed by atoms with Gasteiger partial charge in [0.2, 0.25) is 5.91 Å². The molecular weight excluding hydrogens is 736 g/mol. The summed E-state index contributed by atoms with van der Waals surface area (Å²) in [6.07, 6.45) is 4.86. The van der Waals surface area contributed by atoms with Gasteiger partial charge in [0.25, 0.3) is 12.3 Å². The van der Waals surface area contributed by atoms with E-state index in [1.165, 1.54) is 12.8 Å². The van der Waals surface area contributed by atoms with Crippen LogP contribution in [0.4, 0.5) is 34.8 Å². The highest BCUT2D eigenvalue weighted by Gasteiger charge is 2.57. The van der Waals surface area contributed by atoms with Crippen molar-refractivity contribution in [2.24, 2.45) is 11.8 Å². The Labute approximate surface area is 321 Å². The summed E-state index contributed by atoms with van der Waals surface area (Å²) in [5.74, 6) is -2.14. The van der Waals surface area contributed by atoms with Gasteiger partial charge in [-0.05, 0) is 110 Å². The SMILES string of the molecule is CC(C)n1cnc2cc(-c3cnc4c(c3)N(C3CC(C)(N5CCC6CC6C5)C3)C(=O)C4(C)C)nc(Nc3cc(C(=O)NC4(C(F)F)CC4)c(Cl)c(F)c3F)c21. The summed E-state index contributed by atoms with van der Waals surface area (Å²) in [7, 11) is 0. The second-order valence-corrected chi connectivity index (χ2v) is 17.7.